The lowest BCUT2D eigenvalue weighted by Gasteiger charge is -2.05. The predicted octanol–water partition coefficient (Wildman–Crippen LogP) is 2.50. The summed E-state index contributed by atoms with van der Waals surface area (Å²) in [4.78, 5) is 16.6. The lowest BCUT2D eigenvalue weighted by atomic mass is 10.2. The van der Waals surface area contributed by atoms with Gasteiger partial charge >= 0.3 is 0 Å². The molecule has 0 unspecified atom stereocenters. The molecule has 0 spiro atoms. The first kappa shape index (κ1) is 15.8. The van der Waals surface area contributed by atoms with Crippen LogP contribution in [-0.2, 0) is 24.3 Å². The number of hydrogen-bond acceptors (Lipinski definition) is 4. The molecule has 2 aromatic heterocycles. The Kier molecular flexibility index (Phi) is 4.43. The van der Waals surface area contributed by atoms with E-state index in [1.807, 2.05) is 30.3 Å². The quantitative estimate of drug-likeness (QED) is 0.768. The Morgan fingerprint density at radius 1 is 1.28 bits per heavy atom. The molecule has 1 amide bonds. The number of hydrogen-bond donors (Lipinski definition) is 2. The molecule has 3 heterocycles. The molecule has 0 fully saturated rings. The highest BCUT2D eigenvalue weighted by molar-refractivity contribution is 5.93. The Balaban J connectivity index is 1.37. The number of nitrogens with one attached hydrogen (secondary N) is 2. The van der Waals surface area contributed by atoms with Crippen LogP contribution in [-0.4, -0.2) is 27.2 Å². The smallest absolute Gasteiger partial charge is 0.224 e. The third kappa shape index (κ3) is 3.69. The van der Waals surface area contributed by atoms with Gasteiger partial charge in [0.25, 0.3) is 0 Å². The highest BCUT2D eigenvalue weighted by Gasteiger charge is 2.12. The van der Waals surface area contributed by atoms with E-state index >= 15 is 0 Å². The highest BCUT2D eigenvalue weighted by Crippen LogP contribution is 2.16. The van der Waals surface area contributed by atoms with E-state index in [1.54, 1.807) is 6.20 Å². The third-order valence-electron chi connectivity index (χ3n) is 4.43. The number of carbonyl (C=O) groups is 1. The number of anilines is 1. The summed E-state index contributed by atoms with van der Waals surface area (Å²) in [5.41, 5.74) is 3.83. The van der Waals surface area contributed by atoms with Crippen molar-refractivity contribution in [2.24, 2.45) is 0 Å². The summed E-state index contributed by atoms with van der Waals surface area (Å²) in [7, 11) is 0. The largest absolute Gasteiger partial charge is 0.325 e. The molecular weight excluding hydrogens is 314 g/mol. The van der Waals surface area contributed by atoms with Gasteiger partial charge in [0.05, 0.1) is 28.8 Å². The molecule has 0 aliphatic carbocycles. The minimum Gasteiger partial charge on any atom is -0.325 e. The first-order chi connectivity index (χ1) is 12.3. The van der Waals surface area contributed by atoms with E-state index in [-0.39, 0.29) is 5.91 Å². The van der Waals surface area contributed by atoms with Crippen molar-refractivity contribution >= 4 is 22.5 Å². The Labute approximate surface area is 146 Å². The number of para-hydroxylation sites is 1. The molecule has 6 nitrogen and oxygen atoms in total. The van der Waals surface area contributed by atoms with Crippen molar-refractivity contribution in [2.75, 3.05) is 11.9 Å². The zero-order chi connectivity index (χ0) is 17.1. The zero-order valence-electron chi connectivity index (χ0n) is 14.0. The lowest BCUT2D eigenvalue weighted by Crippen LogP contribution is -2.13. The van der Waals surface area contributed by atoms with Gasteiger partial charge < -0.3 is 10.6 Å². The van der Waals surface area contributed by atoms with Crippen molar-refractivity contribution in [3.63, 3.8) is 0 Å². The van der Waals surface area contributed by atoms with E-state index in [0.29, 0.717) is 12.8 Å². The Morgan fingerprint density at radius 2 is 2.20 bits per heavy atom. The van der Waals surface area contributed by atoms with Crippen molar-refractivity contribution in [2.45, 2.75) is 32.4 Å². The number of nitrogens with zero attached hydrogens (tertiary/aromatic N) is 3. The summed E-state index contributed by atoms with van der Waals surface area (Å²) in [6.45, 7) is 2.82. The van der Waals surface area contributed by atoms with Crippen molar-refractivity contribution in [1.29, 1.82) is 0 Å². The molecule has 1 aliphatic heterocycles. The van der Waals surface area contributed by atoms with Crippen molar-refractivity contribution in [1.82, 2.24) is 20.1 Å². The average molecular weight is 335 g/mol. The highest BCUT2D eigenvalue weighted by atomic mass is 16.1. The molecular formula is C19H21N5O. The summed E-state index contributed by atoms with van der Waals surface area (Å²) in [6.07, 6.45) is 3.85. The second-order valence-electron chi connectivity index (χ2n) is 6.35. The van der Waals surface area contributed by atoms with Crippen LogP contribution in [0.5, 0.6) is 0 Å². The fraction of sp³-hybridized carbons (Fsp3) is 0.316. The number of rotatable bonds is 4. The Morgan fingerprint density at radius 3 is 3.16 bits per heavy atom. The Hall–Kier alpha value is -2.73. The van der Waals surface area contributed by atoms with Crippen LogP contribution in [0, 0.1) is 0 Å². The predicted molar refractivity (Wildman–Crippen MR) is 97.2 cm³/mol. The molecule has 25 heavy (non-hydrogen) atoms. The van der Waals surface area contributed by atoms with Crippen molar-refractivity contribution < 1.29 is 4.79 Å². The number of carbonyl (C=O) groups excluding carboxylic acids is 1. The standard InChI is InChI=1S/C19H21N5O/c25-19(22-16-10-14-4-1-2-5-18(14)21-12-16)7-6-15-11-17-13-20-8-3-9-24(17)23-15/h1-2,4-5,10-12,20H,3,6-9,13H2,(H,22,25). The molecule has 3 aromatic rings. The van der Waals surface area contributed by atoms with Gasteiger partial charge in [0.15, 0.2) is 0 Å². The maximum Gasteiger partial charge on any atom is 0.224 e. The van der Waals surface area contributed by atoms with Gasteiger partial charge in [0.2, 0.25) is 5.91 Å². The number of fused-ring (bicyclic) bond motifs is 2. The lowest BCUT2D eigenvalue weighted by molar-refractivity contribution is -0.116. The van der Waals surface area contributed by atoms with Crippen molar-refractivity contribution in [3.8, 4) is 0 Å². The number of pyridine rings is 1. The van der Waals surface area contributed by atoms with Crippen LogP contribution in [0.4, 0.5) is 5.69 Å². The summed E-state index contributed by atoms with van der Waals surface area (Å²) >= 11 is 0. The Bertz CT molecular complexity index is 878. The van der Waals surface area contributed by atoms with E-state index in [1.165, 1.54) is 5.69 Å². The normalized spacial score (nSPS) is 14.1. The second-order valence-corrected chi connectivity index (χ2v) is 6.35. The van der Waals surface area contributed by atoms with Gasteiger partial charge in [-0.05, 0) is 31.2 Å². The molecule has 1 aromatic carbocycles. The van der Waals surface area contributed by atoms with E-state index in [0.717, 1.165) is 48.3 Å². The van der Waals surface area contributed by atoms with Crippen LogP contribution in [0.15, 0.2) is 42.6 Å². The summed E-state index contributed by atoms with van der Waals surface area (Å²) in [5, 5.41) is 11.9. The van der Waals surface area contributed by atoms with Crippen LogP contribution in [0.1, 0.15) is 24.2 Å². The summed E-state index contributed by atoms with van der Waals surface area (Å²) < 4.78 is 2.06. The molecule has 0 bridgehead atoms. The van der Waals surface area contributed by atoms with Gasteiger partial charge in [0.1, 0.15) is 0 Å². The molecule has 128 valence electrons. The fourth-order valence-corrected chi connectivity index (χ4v) is 3.15. The summed E-state index contributed by atoms with van der Waals surface area (Å²) in [6, 6.07) is 11.9. The number of amides is 1. The van der Waals surface area contributed by atoms with Gasteiger partial charge in [-0.3, -0.25) is 14.5 Å². The first-order valence-corrected chi connectivity index (χ1v) is 8.69. The van der Waals surface area contributed by atoms with Crippen LogP contribution in [0.2, 0.25) is 0 Å². The van der Waals surface area contributed by atoms with Gasteiger partial charge in [-0.2, -0.15) is 5.10 Å². The SMILES string of the molecule is O=C(CCc1cc2n(n1)CCCNC2)Nc1cnc2ccccc2c1. The van der Waals surface area contributed by atoms with Crippen LogP contribution in [0.25, 0.3) is 10.9 Å². The third-order valence-corrected chi connectivity index (χ3v) is 4.43. The van der Waals surface area contributed by atoms with E-state index in [2.05, 4.69) is 31.5 Å². The van der Waals surface area contributed by atoms with E-state index in [9.17, 15) is 4.79 Å². The zero-order valence-corrected chi connectivity index (χ0v) is 14.0. The minimum atomic E-state index is -0.0154. The molecule has 0 saturated carbocycles. The van der Waals surface area contributed by atoms with Gasteiger partial charge in [-0.25, -0.2) is 0 Å². The van der Waals surface area contributed by atoms with Crippen LogP contribution in [0.3, 0.4) is 0 Å². The van der Waals surface area contributed by atoms with E-state index < -0.39 is 0 Å². The van der Waals surface area contributed by atoms with E-state index in [4.69, 9.17) is 0 Å². The molecule has 0 saturated heterocycles. The van der Waals surface area contributed by atoms with Crippen LogP contribution >= 0.6 is 0 Å². The van der Waals surface area contributed by atoms with Gasteiger partial charge in [-0.1, -0.05) is 18.2 Å². The summed E-state index contributed by atoms with van der Waals surface area (Å²) in [5.74, 6) is -0.0154. The van der Waals surface area contributed by atoms with Crippen LogP contribution < -0.4 is 10.6 Å². The second kappa shape index (κ2) is 7.03. The fourth-order valence-electron chi connectivity index (χ4n) is 3.15. The maximum absolute atomic E-state index is 12.2. The minimum absolute atomic E-state index is 0.0154. The molecule has 1 aliphatic rings. The maximum atomic E-state index is 12.2. The monoisotopic (exact) mass is 335 g/mol. The first-order valence-electron chi connectivity index (χ1n) is 8.69. The molecule has 4 rings (SSSR count). The molecule has 0 radical (unpaired) electrons. The number of aromatic nitrogens is 3. The molecule has 0 atom stereocenters. The average Bonchev–Trinajstić information content (AvgIpc) is 2.89. The number of aryl methyl sites for hydroxylation is 2. The topological polar surface area (TPSA) is 71.8 Å². The molecule has 2 N–H and O–H groups in total. The molecule has 6 heteroatoms. The van der Waals surface area contributed by atoms with Gasteiger partial charge in [-0.15, -0.1) is 0 Å². The van der Waals surface area contributed by atoms with Gasteiger partial charge in [0, 0.05) is 31.3 Å². The van der Waals surface area contributed by atoms with Crippen molar-refractivity contribution in [3.05, 3.63) is 54.0 Å². The number of benzene rings is 1.